The minimum absolute atomic E-state index is 0.000270. The number of rotatable bonds is 10. The van der Waals surface area contributed by atoms with Gasteiger partial charge < -0.3 is 43.4 Å². The lowest BCUT2D eigenvalue weighted by Gasteiger charge is -2.64. The molecule has 4 aliphatic carbocycles. The molecule has 2 bridgehead atoms. The average Bonchev–Trinajstić information content (AvgIpc) is 3.69. The first-order valence-corrected chi connectivity index (χ1v) is 19.9. The van der Waals surface area contributed by atoms with Gasteiger partial charge >= 0.3 is 31.3 Å². The van der Waals surface area contributed by atoms with E-state index in [0.29, 0.717) is 23.8 Å². The zero-order valence-corrected chi connectivity index (χ0v) is 35.3. The highest BCUT2D eigenvalue weighted by Crippen LogP contribution is 2.68. The van der Waals surface area contributed by atoms with E-state index in [-0.39, 0.29) is 65.6 Å². The van der Waals surface area contributed by atoms with Crippen molar-refractivity contribution in [3.05, 3.63) is 23.3 Å². The molecule has 4 saturated carbocycles. The van der Waals surface area contributed by atoms with Gasteiger partial charge in [-0.15, -0.1) is 0 Å². The van der Waals surface area contributed by atoms with Crippen molar-refractivity contribution in [1.29, 1.82) is 0 Å². The van der Waals surface area contributed by atoms with Gasteiger partial charge in [-0.1, -0.05) is 19.9 Å². The van der Waals surface area contributed by atoms with E-state index in [9.17, 15) is 24.3 Å². The van der Waals surface area contributed by atoms with Crippen LogP contribution in [0.5, 0.6) is 11.5 Å². The molecule has 1 aromatic rings. The van der Waals surface area contributed by atoms with Gasteiger partial charge in [0.25, 0.3) is 0 Å². The van der Waals surface area contributed by atoms with Crippen molar-refractivity contribution in [2.75, 3.05) is 19.6 Å². The second-order valence-corrected chi connectivity index (χ2v) is 20.5. The van der Waals surface area contributed by atoms with Gasteiger partial charge in [0.2, 0.25) is 0 Å². The standard InChI is InChI=1S/C41H61BN2O12/c1-36(2,3)52-32(45)30-27(50-23-19-44(20-23)21-40(12,33(46)47)43-34(48)53-37(4,5)6)15-14-24(31(30)51-35(49)54-38(7,8)9)25-18-26(25)42-55-29-17-22-16-28(39(22,10)11)41(29,13)56-42/h14-15,22-23,25-26,28-29H,16-21H2,1-13H3,(H,43,48)(H,46,47)/t22-,25?,26?,28-,29+,40?,41-/m0/s1. The minimum atomic E-state index is -1.65. The molecule has 3 unspecified atom stereocenters. The first-order chi connectivity index (χ1) is 25.6. The lowest BCUT2D eigenvalue weighted by Crippen LogP contribution is -2.65. The quantitative estimate of drug-likeness (QED) is 0.108. The summed E-state index contributed by atoms with van der Waals surface area (Å²) < 4.78 is 42.5. The highest BCUT2D eigenvalue weighted by molar-refractivity contribution is 6.49. The van der Waals surface area contributed by atoms with Gasteiger partial charge in [-0.25, -0.2) is 19.2 Å². The molecule has 7 rings (SSSR count). The number of carbonyl (C=O) groups is 4. The second kappa shape index (κ2) is 14.1. The van der Waals surface area contributed by atoms with E-state index in [4.69, 9.17) is 33.0 Å². The fourth-order valence-corrected chi connectivity index (χ4v) is 8.96. The number of alkyl carbamates (subject to hydrolysis) is 1. The molecule has 1 aromatic carbocycles. The molecule has 7 atom stereocenters. The SMILES string of the molecule is CC(C)(C)OC(=O)NC(C)(CN1CC(Oc2ccc(C3CC3B3O[C@@H]4C[C@@H]5C[C@@H](C5(C)C)[C@]4(C)O3)c(OC(=O)OC(C)(C)C)c2C(=O)OC(C)(C)C)C1)C(=O)O. The van der Waals surface area contributed by atoms with Crippen LogP contribution in [-0.2, 0) is 28.3 Å². The van der Waals surface area contributed by atoms with E-state index in [1.54, 1.807) is 74.4 Å². The molecular weight excluding hydrogens is 723 g/mol. The van der Waals surface area contributed by atoms with E-state index in [1.807, 2.05) is 4.90 Å². The molecule has 1 amide bonds. The second-order valence-electron chi connectivity index (χ2n) is 20.5. The zero-order chi connectivity index (χ0) is 41.6. The smallest absolute Gasteiger partial charge is 0.487 e. The number of carboxylic acid groups (broad SMARTS) is 1. The Morgan fingerprint density at radius 1 is 0.893 bits per heavy atom. The van der Waals surface area contributed by atoms with Gasteiger partial charge in [0.1, 0.15) is 34.2 Å². The van der Waals surface area contributed by atoms with Crippen molar-refractivity contribution < 1.29 is 57.3 Å². The first kappa shape index (κ1) is 42.1. The molecule has 56 heavy (non-hydrogen) atoms. The summed E-state index contributed by atoms with van der Waals surface area (Å²) in [7, 11) is -0.442. The van der Waals surface area contributed by atoms with Crippen molar-refractivity contribution >= 4 is 31.3 Å². The van der Waals surface area contributed by atoms with Crippen LogP contribution >= 0.6 is 0 Å². The van der Waals surface area contributed by atoms with Crippen molar-refractivity contribution in [2.24, 2.45) is 17.3 Å². The molecule has 0 aromatic heterocycles. The Balaban J connectivity index is 1.25. The Morgan fingerprint density at radius 2 is 1.52 bits per heavy atom. The number of carbonyl (C=O) groups excluding carboxylic acids is 3. The fraction of sp³-hybridized carbons (Fsp3) is 0.756. The fourth-order valence-electron chi connectivity index (χ4n) is 8.96. The van der Waals surface area contributed by atoms with Gasteiger partial charge in [0.15, 0.2) is 11.3 Å². The number of benzene rings is 1. The maximum atomic E-state index is 14.1. The van der Waals surface area contributed by atoms with Crippen molar-refractivity contribution in [2.45, 2.75) is 161 Å². The summed E-state index contributed by atoms with van der Waals surface area (Å²) in [6.07, 6.45) is 0.521. The Kier molecular flexibility index (Phi) is 10.6. The summed E-state index contributed by atoms with van der Waals surface area (Å²) in [6.45, 7) is 24.3. The van der Waals surface area contributed by atoms with Crippen LogP contribution in [0.15, 0.2) is 12.1 Å². The van der Waals surface area contributed by atoms with Crippen LogP contribution in [-0.4, -0.2) is 101 Å². The average molecular weight is 785 g/mol. The third kappa shape index (κ3) is 8.64. The summed E-state index contributed by atoms with van der Waals surface area (Å²) in [5, 5.41) is 12.5. The van der Waals surface area contributed by atoms with Crippen LogP contribution in [0.4, 0.5) is 9.59 Å². The molecular formula is C41H61BN2O12. The third-order valence-corrected chi connectivity index (χ3v) is 11.9. The summed E-state index contributed by atoms with van der Waals surface area (Å²) in [5.74, 6) is -0.984. The third-order valence-electron chi connectivity index (χ3n) is 11.9. The topological polar surface area (TPSA) is 168 Å². The van der Waals surface area contributed by atoms with Crippen molar-refractivity contribution in [3.8, 4) is 11.5 Å². The van der Waals surface area contributed by atoms with Crippen molar-refractivity contribution in [1.82, 2.24) is 10.2 Å². The Labute approximate surface area is 331 Å². The highest BCUT2D eigenvalue weighted by atomic mass is 16.7. The van der Waals surface area contributed by atoms with E-state index >= 15 is 0 Å². The van der Waals surface area contributed by atoms with E-state index in [1.165, 1.54) is 6.92 Å². The maximum Gasteiger partial charge on any atom is 0.514 e. The number of esters is 1. The molecule has 2 saturated heterocycles. The van der Waals surface area contributed by atoms with Crippen LogP contribution in [0.1, 0.15) is 131 Å². The number of ether oxygens (including phenoxy) is 5. The number of likely N-dealkylation sites (tertiary alicyclic amines) is 1. The van der Waals surface area contributed by atoms with Crippen molar-refractivity contribution in [3.63, 3.8) is 0 Å². The minimum Gasteiger partial charge on any atom is -0.487 e. The molecule has 6 aliphatic rings. The van der Waals surface area contributed by atoms with Crippen LogP contribution in [0.25, 0.3) is 0 Å². The monoisotopic (exact) mass is 784 g/mol. The van der Waals surface area contributed by atoms with Crippen LogP contribution < -0.4 is 14.8 Å². The summed E-state index contributed by atoms with van der Waals surface area (Å²) in [4.78, 5) is 54.1. The summed E-state index contributed by atoms with van der Waals surface area (Å²) in [5.41, 5.74) is -3.83. The van der Waals surface area contributed by atoms with E-state index in [0.717, 1.165) is 12.8 Å². The molecule has 14 nitrogen and oxygen atoms in total. The van der Waals surface area contributed by atoms with Crippen LogP contribution in [0, 0.1) is 17.3 Å². The van der Waals surface area contributed by atoms with Gasteiger partial charge in [-0.05, 0) is 130 Å². The zero-order valence-electron chi connectivity index (χ0n) is 35.3. The predicted molar refractivity (Wildman–Crippen MR) is 206 cm³/mol. The van der Waals surface area contributed by atoms with E-state index in [2.05, 4.69) is 26.1 Å². The summed E-state index contributed by atoms with van der Waals surface area (Å²) >= 11 is 0. The van der Waals surface area contributed by atoms with Gasteiger partial charge in [-0.2, -0.15) is 0 Å². The number of hydrogen-bond donors (Lipinski definition) is 2. The van der Waals surface area contributed by atoms with Crippen LogP contribution in [0.2, 0.25) is 5.82 Å². The van der Waals surface area contributed by atoms with Crippen LogP contribution in [0.3, 0.4) is 0 Å². The number of hydrogen-bond acceptors (Lipinski definition) is 12. The Morgan fingerprint density at radius 3 is 2.09 bits per heavy atom. The number of nitrogens with zero attached hydrogens (tertiary/aromatic N) is 1. The molecule has 2 heterocycles. The number of nitrogens with one attached hydrogen (secondary N) is 1. The Bertz CT molecular complexity index is 1740. The first-order valence-electron chi connectivity index (χ1n) is 19.9. The molecule has 310 valence electrons. The summed E-state index contributed by atoms with van der Waals surface area (Å²) in [6, 6.07) is 3.49. The van der Waals surface area contributed by atoms with Gasteiger partial charge in [0, 0.05) is 25.5 Å². The molecule has 2 N–H and O–H groups in total. The number of amides is 1. The molecule has 0 spiro atoms. The lowest BCUT2D eigenvalue weighted by molar-refractivity contribution is -0.199. The van der Waals surface area contributed by atoms with Gasteiger partial charge in [-0.3, -0.25) is 4.90 Å². The number of aliphatic carboxylic acids is 1. The Hall–Kier alpha value is -3.56. The molecule has 6 fully saturated rings. The largest absolute Gasteiger partial charge is 0.514 e. The molecule has 0 radical (unpaired) electrons. The number of carboxylic acids is 1. The molecule has 15 heteroatoms. The maximum absolute atomic E-state index is 14.1. The lowest BCUT2D eigenvalue weighted by atomic mass is 9.43. The predicted octanol–water partition coefficient (Wildman–Crippen LogP) is 6.97. The van der Waals surface area contributed by atoms with Gasteiger partial charge in [0.05, 0.1) is 11.7 Å². The normalized spacial score (nSPS) is 29.4. The van der Waals surface area contributed by atoms with E-state index < -0.39 is 59.8 Å². The highest BCUT2D eigenvalue weighted by Gasteiger charge is 2.70. The molecule has 2 aliphatic heterocycles.